The van der Waals surface area contributed by atoms with Gasteiger partial charge in [-0.25, -0.2) is 0 Å². The second kappa shape index (κ2) is 5.14. The Hall–Kier alpha value is 0.430. The molecule has 0 aromatic rings. The van der Waals surface area contributed by atoms with Gasteiger partial charge in [0.1, 0.15) is 0 Å². The lowest BCUT2D eigenvalue weighted by Gasteiger charge is -2.28. The predicted octanol–water partition coefficient (Wildman–Crippen LogP) is 3.65. The van der Waals surface area contributed by atoms with Gasteiger partial charge in [0.05, 0.1) is 0 Å². The molecule has 1 aliphatic carbocycles. The van der Waals surface area contributed by atoms with Crippen molar-refractivity contribution in [2.75, 3.05) is 6.66 Å². The first-order valence-electron chi connectivity index (χ1n) is 5.05. The Morgan fingerprint density at radius 2 is 1.91 bits per heavy atom. The molecule has 1 saturated carbocycles. The SMILES string of the molecule is CCC(PC)C1CCCCC1. The molecule has 2 atom stereocenters. The van der Waals surface area contributed by atoms with Gasteiger partial charge in [-0.15, -0.1) is 8.58 Å². The first-order valence-corrected chi connectivity index (χ1v) is 6.63. The van der Waals surface area contributed by atoms with Crippen LogP contribution in [0.3, 0.4) is 0 Å². The summed E-state index contributed by atoms with van der Waals surface area (Å²) in [5.74, 6) is 1.09. The number of rotatable bonds is 3. The van der Waals surface area contributed by atoms with Crippen LogP contribution in [0, 0.1) is 5.92 Å². The summed E-state index contributed by atoms with van der Waals surface area (Å²) in [6.45, 7) is 4.73. The topological polar surface area (TPSA) is 0 Å². The van der Waals surface area contributed by atoms with Gasteiger partial charge in [-0.2, -0.15) is 0 Å². The maximum absolute atomic E-state index is 2.38. The van der Waals surface area contributed by atoms with Crippen LogP contribution in [0.1, 0.15) is 45.4 Å². The van der Waals surface area contributed by atoms with Crippen molar-refractivity contribution in [1.29, 1.82) is 0 Å². The Bertz CT molecular complexity index is 91.0. The molecule has 0 spiro atoms. The molecule has 2 unspecified atom stereocenters. The fraction of sp³-hybridized carbons (Fsp3) is 1.00. The Balaban J connectivity index is 2.30. The molecule has 1 rings (SSSR count). The van der Waals surface area contributed by atoms with Crippen molar-refractivity contribution in [1.82, 2.24) is 0 Å². The van der Waals surface area contributed by atoms with Gasteiger partial charge in [0.15, 0.2) is 0 Å². The summed E-state index contributed by atoms with van der Waals surface area (Å²) in [4.78, 5) is 0. The minimum Gasteiger partial charge on any atom is -0.122 e. The molecule has 0 aliphatic heterocycles. The minimum atomic E-state index is 1.07. The molecule has 0 nitrogen and oxygen atoms in total. The van der Waals surface area contributed by atoms with Gasteiger partial charge in [-0.1, -0.05) is 26.2 Å². The molecule has 0 N–H and O–H groups in total. The van der Waals surface area contributed by atoms with Gasteiger partial charge in [0, 0.05) is 0 Å². The maximum Gasteiger partial charge on any atom is -0.0213 e. The van der Waals surface area contributed by atoms with Crippen LogP contribution >= 0.6 is 8.58 Å². The van der Waals surface area contributed by atoms with Crippen LogP contribution in [0.4, 0.5) is 0 Å². The van der Waals surface area contributed by atoms with E-state index in [0.717, 1.165) is 11.6 Å². The highest BCUT2D eigenvalue weighted by molar-refractivity contribution is 7.37. The van der Waals surface area contributed by atoms with Gasteiger partial charge < -0.3 is 0 Å². The highest BCUT2D eigenvalue weighted by Gasteiger charge is 2.20. The number of hydrogen-bond acceptors (Lipinski definition) is 0. The van der Waals surface area contributed by atoms with Crippen LogP contribution in [-0.4, -0.2) is 12.3 Å². The predicted molar refractivity (Wildman–Crippen MR) is 54.9 cm³/mol. The number of hydrogen-bond donors (Lipinski definition) is 0. The highest BCUT2D eigenvalue weighted by Crippen LogP contribution is 2.35. The molecule has 0 amide bonds. The van der Waals surface area contributed by atoms with Crippen molar-refractivity contribution >= 4 is 8.58 Å². The summed E-state index contributed by atoms with van der Waals surface area (Å²) in [5, 5.41) is 0. The largest absolute Gasteiger partial charge is 0.122 e. The van der Waals surface area contributed by atoms with E-state index in [1.165, 1.54) is 47.1 Å². The van der Waals surface area contributed by atoms with E-state index in [4.69, 9.17) is 0 Å². The maximum atomic E-state index is 2.38. The first-order chi connectivity index (χ1) is 5.38. The second-order valence-corrected chi connectivity index (χ2v) is 5.02. The average Bonchev–Trinajstić information content (AvgIpc) is 2.09. The normalized spacial score (nSPS) is 24.5. The Morgan fingerprint density at radius 1 is 1.27 bits per heavy atom. The van der Waals surface area contributed by atoms with Crippen molar-refractivity contribution in [3.63, 3.8) is 0 Å². The third-order valence-electron chi connectivity index (χ3n) is 3.03. The lowest BCUT2D eigenvalue weighted by atomic mass is 9.86. The van der Waals surface area contributed by atoms with Crippen molar-refractivity contribution < 1.29 is 0 Å². The molecule has 66 valence electrons. The van der Waals surface area contributed by atoms with Crippen LogP contribution in [0.15, 0.2) is 0 Å². The summed E-state index contributed by atoms with van der Waals surface area (Å²) >= 11 is 0. The average molecular weight is 172 g/mol. The lowest BCUT2D eigenvalue weighted by Crippen LogP contribution is -2.18. The zero-order valence-electron chi connectivity index (χ0n) is 7.90. The molecule has 11 heavy (non-hydrogen) atoms. The van der Waals surface area contributed by atoms with Gasteiger partial charge >= 0.3 is 0 Å². The molecule has 1 heteroatoms. The quantitative estimate of drug-likeness (QED) is 0.570. The summed E-state index contributed by atoms with van der Waals surface area (Å²) in [5.41, 5.74) is 1.07. The summed E-state index contributed by atoms with van der Waals surface area (Å²) in [6, 6.07) is 0. The van der Waals surface area contributed by atoms with Gasteiger partial charge in [0.25, 0.3) is 0 Å². The Labute approximate surface area is 72.9 Å². The molecule has 0 aromatic carbocycles. The third-order valence-corrected chi connectivity index (χ3v) is 4.65. The van der Waals surface area contributed by atoms with E-state index in [2.05, 4.69) is 13.6 Å². The first kappa shape index (κ1) is 9.52. The van der Waals surface area contributed by atoms with E-state index in [1.807, 2.05) is 0 Å². The molecule has 1 aliphatic rings. The zero-order chi connectivity index (χ0) is 8.10. The van der Waals surface area contributed by atoms with Crippen LogP contribution in [-0.2, 0) is 0 Å². The monoisotopic (exact) mass is 172 g/mol. The van der Waals surface area contributed by atoms with Crippen LogP contribution < -0.4 is 0 Å². The third kappa shape index (κ3) is 2.75. The van der Waals surface area contributed by atoms with Gasteiger partial charge in [-0.3, -0.25) is 0 Å². The highest BCUT2D eigenvalue weighted by atomic mass is 31.1. The van der Waals surface area contributed by atoms with Crippen LogP contribution in [0.2, 0.25) is 0 Å². The molecule has 0 saturated heterocycles. The van der Waals surface area contributed by atoms with E-state index < -0.39 is 0 Å². The summed E-state index contributed by atoms with van der Waals surface area (Å²) in [7, 11) is 1.18. The molecule has 1 fully saturated rings. The molecule has 0 bridgehead atoms. The van der Waals surface area contributed by atoms with Crippen molar-refractivity contribution in [2.24, 2.45) is 5.92 Å². The van der Waals surface area contributed by atoms with Gasteiger partial charge in [0.2, 0.25) is 0 Å². The molecular formula is C10H21P. The molecule has 0 heterocycles. The lowest BCUT2D eigenvalue weighted by molar-refractivity contribution is 0.343. The Kier molecular flexibility index (Phi) is 4.45. The fourth-order valence-corrected chi connectivity index (χ4v) is 3.52. The van der Waals surface area contributed by atoms with E-state index in [0.29, 0.717) is 0 Å². The van der Waals surface area contributed by atoms with Gasteiger partial charge in [-0.05, 0) is 37.5 Å². The van der Waals surface area contributed by atoms with Crippen LogP contribution in [0.25, 0.3) is 0 Å². The second-order valence-electron chi connectivity index (χ2n) is 3.70. The minimum absolute atomic E-state index is 1.07. The van der Waals surface area contributed by atoms with E-state index >= 15 is 0 Å². The molecule has 0 aromatic heterocycles. The van der Waals surface area contributed by atoms with Crippen molar-refractivity contribution in [2.45, 2.75) is 51.1 Å². The zero-order valence-corrected chi connectivity index (χ0v) is 8.90. The van der Waals surface area contributed by atoms with Crippen LogP contribution in [0.5, 0.6) is 0 Å². The van der Waals surface area contributed by atoms with E-state index in [-0.39, 0.29) is 0 Å². The smallest absolute Gasteiger partial charge is 0.0213 e. The Morgan fingerprint density at radius 3 is 2.36 bits per heavy atom. The summed E-state index contributed by atoms with van der Waals surface area (Å²) < 4.78 is 0. The molecule has 0 radical (unpaired) electrons. The fourth-order valence-electron chi connectivity index (χ4n) is 2.31. The standard InChI is InChI=1S/C10H21P/c1-3-10(11-2)9-7-5-4-6-8-9/h9-11H,3-8H2,1-2H3. The van der Waals surface area contributed by atoms with Crippen molar-refractivity contribution in [3.8, 4) is 0 Å². The summed E-state index contributed by atoms with van der Waals surface area (Å²) in [6.07, 6.45) is 8.98. The molecular weight excluding hydrogens is 151 g/mol. The van der Waals surface area contributed by atoms with E-state index in [9.17, 15) is 0 Å². The van der Waals surface area contributed by atoms with E-state index in [1.54, 1.807) is 0 Å². The van der Waals surface area contributed by atoms with Crippen molar-refractivity contribution in [3.05, 3.63) is 0 Å².